The molecule has 1 aliphatic carbocycles. The van der Waals surface area contributed by atoms with Gasteiger partial charge >= 0.3 is 0 Å². The standard InChI is InChI=1S/C17H22N2O3/c1-12(20)18-16-5-4-13-2-3-14(10-15(13)11-16)17(21)19-6-8-22-9-7-19/h2-3,10,16H,4-9,11H2,1H3,(H,18,20). The average molecular weight is 302 g/mol. The molecule has 2 amide bonds. The van der Waals surface area contributed by atoms with E-state index in [0.29, 0.717) is 26.3 Å². The van der Waals surface area contributed by atoms with Gasteiger partial charge in [0.15, 0.2) is 0 Å². The molecule has 1 heterocycles. The largest absolute Gasteiger partial charge is 0.378 e. The van der Waals surface area contributed by atoms with E-state index in [-0.39, 0.29) is 17.9 Å². The molecule has 2 aliphatic rings. The van der Waals surface area contributed by atoms with Crippen LogP contribution in [0.3, 0.4) is 0 Å². The summed E-state index contributed by atoms with van der Waals surface area (Å²) in [6, 6.07) is 6.17. The van der Waals surface area contributed by atoms with Gasteiger partial charge in [-0.15, -0.1) is 0 Å². The van der Waals surface area contributed by atoms with Crippen molar-refractivity contribution in [3.05, 3.63) is 34.9 Å². The smallest absolute Gasteiger partial charge is 0.254 e. The lowest BCUT2D eigenvalue weighted by molar-refractivity contribution is -0.119. The molecule has 0 bridgehead atoms. The number of ether oxygens (including phenoxy) is 1. The monoisotopic (exact) mass is 302 g/mol. The number of aryl methyl sites for hydroxylation is 1. The number of carbonyl (C=O) groups excluding carboxylic acids is 2. The van der Waals surface area contributed by atoms with Crippen molar-refractivity contribution in [1.82, 2.24) is 10.2 Å². The van der Waals surface area contributed by atoms with E-state index >= 15 is 0 Å². The van der Waals surface area contributed by atoms with Crippen molar-refractivity contribution in [2.75, 3.05) is 26.3 Å². The lowest BCUT2D eigenvalue weighted by atomic mass is 9.87. The second-order valence-electron chi connectivity index (χ2n) is 6.03. The third kappa shape index (κ3) is 3.30. The predicted molar refractivity (Wildman–Crippen MR) is 82.8 cm³/mol. The Morgan fingerprint density at radius 3 is 2.73 bits per heavy atom. The number of benzene rings is 1. The van der Waals surface area contributed by atoms with Crippen LogP contribution in [0.2, 0.25) is 0 Å². The minimum Gasteiger partial charge on any atom is -0.378 e. The Kier molecular flexibility index (Phi) is 4.43. The number of nitrogens with one attached hydrogen (secondary N) is 1. The first-order valence-corrected chi connectivity index (χ1v) is 7.89. The van der Waals surface area contributed by atoms with E-state index in [1.165, 1.54) is 11.1 Å². The van der Waals surface area contributed by atoms with Crippen molar-refractivity contribution in [2.45, 2.75) is 32.2 Å². The maximum atomic E-state index is 12.5. The highest BCUT2D eigenvalue weighted by Gasteiger charge is 2.23. The van der Waals surface area contributed by atoms with E-state index in [1.807, 2.05) is 17.0 Å². The first-order chi connectivity index (χ1) is 10.6. The van der Waals surface area contributed by atoms with E-state index in [1.54, 1.807) is 6.92 Å². The van der Waals surface area contributed by atoms with Gasteiger partial charge < -0.3 is 15.0 Å². The Labute approximate surface area is 130 Å². The molecular formula is C17H22N2O3. The van der Waals surface area contributed by atoms with Gasteiger partial charge in [0, 0.05) is 31.6 Å². The molecule has 1 atom stereocenters. The maximum absolute atomic E-state index is 12.5. The summed E-state index contributed by atoms with van der Waals surface area (Å²) in [5.41, 5.74) is 3.22. The van der Waals surface area contributed by atoms with E-state index < -0.39 is 0 Å². The van der Waals surface area contributed by atoms with Gasteiger partial charge in [-0.1, -0.05) is 6.07 Å². The summed E-state index contributed by atoms with van der Waals surface area (Å²) in [6.45, 7) is 4.09. The fourth-order valence-corrected chi connectivity index (χ4v) is 3.25. The molecular weight excluding hydrogens is 280 g/mol. The third-order valence-electron chi connectivity index (χ3n) is 4.39. The van der Waals surface area contributed by atoms with Crippen LogP contribution in [-0.2, 0) is 22.4 Å². The van der Waals surface area contributed by atoms with Gasteiger partial charge in [0.25, 0.3) is 5.91 Å². The number of carbonyl (C=O) groups is 2. The number of nitrogens with zero attached hydrogens (tertiary/aromatic N) is 1. The zero-order valence-corrected chi connectivity index (χ0v) is 12.9. The molecule has 0 radical (unpaired) electrons. The lowest BCUT2D eigenvalue weighted by Gasteiger charge is -2.28. The second-order valence-corrected chi connectivity index (χ2v) is 6.03. The van der Waals surface area contributed by atoms with Crippen molar-refractivity contribution in [3.63, 3.8) is 0 Å². The van der Waals surface area contributed by atoms with Gasteiger partial charge in [0.1, 0.15) is 0 Å². The van der Waals surface area contributed by atoms with Crippen LogP contribution in [0.5, 0.6) is 0 Å². The van der Waals surface area contributed by atoms with Crippen LogP contribution < -0.4 is 5.32 Å². The zero-order chi connectivity index (χ0) is 15.5. The molecule has 5 heteroatoms. The minimum absolute atomic E-state index is 0.00833. The van der Waals surface area contributed by atoms with Crippen LogP contribution in [0.4, 0.5) is 0 Å². The molecule has 5 nitrogen and oxygen atoms in total. The van der Waals surface area contributed by atoms with Crippen LogP contribution in [0, 0.1) is 0 Å². The summed E-state index contributed by atoms with van der Waals surface area (Å²) in [6.07, 6.45) is 2.72. The Bertz CT molecular complexity index is 579. The highest BCUT2D eigenvalue weighted by molar-refractivity contribution is 5.94. The van der Waals surface area contributed by atoms with Gasteiger partial charge in [-0.2, -0.15) is 0 Å². The number of fused-ring (bicyclic) bond motifs is 1. The van der Waals surface area contributed by atoms with Gasteiger partial charge in [-0.25, -0.2) is 0 Å². The summed E-state index contributed by atoms with van der Waals surface area (Å²) in [7, 11) is 0. The topological polar surface area (TPSA) is 58.6 Å². The van der Waals surface area contributed by atoms with Crippen LogP contribution in [-0.4, -0.2) is 49.1 Å². The Morgan fingerprint density at radius 2 is 2.00 bits per heavy atom. The van der Waals surface area contributed by atoms with Gasteiger partial charge in [0.2, 0.25) is 5.91 Å². The summed E-state index contributed by atoms with van der Waals surface area (Å²) in [5.74, 6) is 0.0850. The Balaban J connectivity index is 1.75. The van der Waals surface area contributed by atoms with Crippen molar-refractivity contribution in [2.24, 2.45) is 0 Å². The van der Waals surface area contributed by atoms with Crippen molar-refractivity contribution >= 4 is 11.8 Å². The summed E-state index contributed by atoms with van der Waals surface area (Å²) in [4.78, 5) is 25.6. The van der Waals surface area contributed by atoms with Gasteiger partial charge in [0.05, 0.1) is 13.2 Å². The molecule has 1 aromatic rings. The molecule has 1 aliphatic heterocycles. The van der Waals surface area contributed by atoms with E-state index in [9.17, 15) is 9.59 Å². The fourth-order valence-electron chi connectivity index (χ4n) is 3.25. The number of amides is 2. The molecule has 1 unspecified atom stereocenters. The highest BCUT2D eigenvalue weighted by Crippen LogP contribution is 2.23. The molecule has 1 N–H and O–H groups in total. The van der Waals surface area contributed by atoms with Crippen LogP contribution in [0.25, 0.3) is 0 Å². The molecule has 1 fully saturated rings. The van der Waals surface area contributed by atoms with Gasteiger partial charge in [-0.3, -0.25) is 9.59 Å². The molecule has 0 aromatic heterocycles. The summed E-state index contributed by atoms with van der Waals surface area (Å²) < 4.78 is 5.29. The van der Waals surface area contributed by atoms with Crippen LogP contribution in [0.15, 0.2) is 18.2 Å². The number of hydrogen-bond acceptors (Lipinski definition) is 3. The first-order valence-electron chi connectivity index (χ1n) is 7.89. The predicted octanol–water partition coefficient (Wildman–Crippen LogP) is 1.15. The molecule has 3 rings (SSSR count). The molecule has 0 saturated carbocycles. The van der Waals surface area contributed by atoms with E-state index in [0.717, 1.165) is 24.8 Å². The van der Waals surface area contributed by atoms with Crippen LogP contribution >= 0.6 is 0 Å². The quantitative estimate of drug-likeness (QED) is 0.891. The molecule has 118 valence electrons. The normalized spacial score (nSPS) is 21.1. The number of rotatable bonds is 2. The van der Waals surface area contributed by atoms with E-state index in [2.05, 4.69) is 11.4 Å². The number of hydrogen-bond donors (Lipinski definition) is 1. The van der Waals surface area contributed by atoms with E-state index in [4.69, 9.17) is 4.74 Å². The molecule has 1 saturated heterocycles. The Morgan fingerprint density at radius 1 is 1.23 bits per heavy atom. The molecule has 0 spiro atoms. The minimum atomic E-state index is 0.00833. The molecule has 22 heavy (non-hydrogen) atoms. The van der Waals surface area contributed by atoms with Crippen LogP contribution in [0.1, 0.15) is 34.8 Å². The number of morpholine rings is 1. The second kappa shape index (κ2) is 6.48. The lowest BCUT2D eigenvalue weighted by Crippen LogP contribution is -2.41. The zero-order valence-electron chi connectivity index (χ0n) is 12.9. The fraction of sp³-hybridized carbons (Fsp3) is 0.529. The average Bonchev–Trinajstić information content (AvgIpc) is 2.54. The molecule has 1 aromatic carbocycles. The summed E-state index contributed by atoms with van der Waals surface area (Å²) in [5, 5.41) is 2.98. The SMILES string of the molecule is CC(=O)NC1CCc2ccc(C(=O)N3CCOCC3)cc2C1. The maximum Gasteiger partial charge on any atom is 0.254 e. The third-order valence-corrected chi connectivity index (χ3v) is 4.39. The van der Waals surface area contributed by atoms with Crippen molar-refractivity contribution < 1.29 is 14.3 Å². The Hall–Kier alpha value is -1.88. The van der Waals surface area contributed by atoms with Crippen molar-refractivity contribution in [3.8, 4) is 0 Å². The van der Waals surface area contributed by atoms with Crippen molar-refractivity contribution in [1.29, 1.82) is 0 Å². The van der Waals surface area contributed by atoms with Gasteiger partial charge in [-0.05, 0) is 42.5 Å². The first kappa shape index (κ1) is 15.0. The highest BCUT2D eigenvalue weighted by atomic mass is 16.5. The summed E-state index contributed by atoms with van der Waals surface area (Å²) >= 11 is 0.